The average Bonchev–Trinajstić information content (AvgIpc) is 2.74. The maximum atomic E-state index is 5.86. The zero-order valence-corrected chi connectivity index (χ0v) is 10.7. The van der Waals surface area contributed by atoms with Crippen molar-refractivity contribution in [3.63, 3.8) is 0 Å². The Balaban J connectivity index is 2.14. The van der Waals surface area contributed by atoms with Gasteiger partial charge in [0.25, 0.3) is 0 Å². The Morgan fingerprint density at radius 2 is 2.12 bits per heavy atom. The molecule has 0 radical (unpaired) electrons. The van der Waals surface area contributed by atoms with Gasteiger partial charge in [0.1, 0.15) is 11.0 Å². The van der Waals surface area contributed by atoms with E-state index in [9.17, 15) is 0 Å². The van der Waals surface area contributed by atoms with Crippen LogP contribution in [0.15, 0.2) is 12.4 Å². The first-order valence-corrected chi connectivity index (χ1v) is 6.29. The summed E-state index contributed by atoms with van der Waals surface area (Å²) in [6.07, 6.45) is 7.08. The van der Waals surface area contributed by atoms with Gasteiger partial charge in [0.05, 0.1) is 12.4 Å². The fourth-order valence-electron chi connectivity index (χ4n) is 2.44. The lowest BCUT2D eigenvalue weighted by Crippen LogP contribution is -2.26. The maximum absolute atomic E-state index is 5.86. The van der Waals surface area contributed by atoms with Crippen molar-refractivity contribution in [1.82, 2.24) is 9.97 Å². The van der Waals surface area contributed by atoms with Crippen LogP contribution in [-0.4, -0.2) is 23.1 Å². The van der Waals surface area contributed by atoms with E-state index < -0.39 is 0 Å². The zero-order chi connectivity index (χ0) is 11.6. The van der Waals surface area contributed by atoms with Gasteiger partial charge in [-0.2, -0.15) is 0 Å². The Morgan fingerprint density at radius 1 is 1.38 bits per heavy atom. The first-order valence-electron chi connectivity index (χ1n) is 5.91. The van der Waals surface area contributed by atoms with Crippen molar-refractivity contribution in [3.05, 3.63) is 17.5 Å². The lowest BCUT2D eigenvalue weighted by atomic mass is 9.82. The second-order valence-electron chi connectivity index (χ2n) is 4.58. The van der Waals surface area contributed by atoms with Crippen molar-refractivity contribution in [2.45, 2.75) is 33.1 Å². The third-order valence-corrected chi connectivity index (χ3v) is 4.04. The van der Waals surface area contributed by atoms with E-state index in [0.717, 1.165) is 18.9 Å². The molecule has 1 aromatic rings. The number of anilines is 1. The highest BCUT2D eigenvalue weighted by atomic mass is 35.5. The van der Waals surface area contributed by atoms with Crippen LogP contribution in [0.5, 0.6) is 0 Å². The van der Waals surface area contributed by atoms with Crippen LogP contribution in [-0.2, 0) is 0 Å². The molecule has 0 N–H and O–H groups in total. The molecule has 0 atom stereocenters. The fraction of sp³-hybridized carbons (Fsp3) is 0.667. The molecular weight excluding hydrogens is 222 g/mol. The molecule has 1 aromatic heterocycles. The van der Waals surface area contributed by atoms with E-state index in [1.165, 1.54) is 19.3 Å². The van der Waals surface area contributed by atoms with Crippen molar-refractivity contribution < 1.29 is 0 Å². The molecule has 0 unspecified atom stereocenters. The Labute approximate surface area is 102 Å². The SMILES string of the molecule is CCC1(CC)CCN(c2cncc(Cl)n2)C1. The summed E-state index contributed by atoms with van der Waals surface area (Å²) in [5, 5.41) is 0.475. The van der Waals surface area contributed by atoms with Crippen LogP contribution in [0, 0.1) is 5.41 Å². The van der Waals surface area contributed by atoms with Gasteiger partial charge in [-0.05, 0) is 24.7 Å². The van der Waals surface area contributed by atoms with E-state index >= 15 is 0 Å². The standard InChI is InChI=1S/C12H18ClN3/c1-3-12(4-2)5-6-16(9-12)11-8-14-7-10(13)15-11/h7-8H,3-6,9H2,1-2H3. The van der Waals surface area contributed by atoms with Crippen molar-refractivity contribution in [2.24, 2.45) is 5.41 Å². The molecule has 2 rings (SSSR count). The minimum atomic E-state index is 0.462. The van der Waals surface area contributed by atoms with Crippen molar-refractivity contribution >= 4 is 17.4 Å². The van der Waals surface area contributed by atoms with Crippen LogP contribution in [0.4, 0.5) is 5.82 Å². The van der Waals surface area contributed by atoms with Gasteiger partial charge in [-0.1, -0.05) is 25.4 Å². The first kappa shape index (κ1) is 11.6. The van der Waals surface area contributed by atoms with E-state index in [2.05, 4.69) is 28.7 Å². The van der Waals surface area contributed by atoms with Crippen molar-refractivity contribution in [1.29, 1.82) is 0 Å². The van der Waals surface area contributed by atoms with Gasteiger partial charge >= 0.3 is 0 Å². The van der Waals surface area contributed by atoms with Crippen LogP contribution < -0.4 is 4.90 Å². The molecule has 0 bridgehead atoms. The summed E-state index contributed by atoms with van der Waals surface area (Å²) < 4.78 is 0. The molecule has 4 heteroatoms. The minimum absolute atomic E-state index is 0.462. The van der Waals surface area contributed by atoms with Gasteiger partial charge in [-0.3, -0.25) is 4.98 Å². The van der Waals surface area contributed by atoms with Gasteiger partial charge in [-0.15, -0.1) is 0 Å². The van der Waals surface area contributed by atoms with E-state index in [1.807, 2.05) is 0 Å². The van der Waals surface area contributed by atoms with Gasteiger partial charge in [0.15, 0.2) is 0 Å². The molecule has 1 aliphatic rings. The molecule has 88 valence electrons. The third-order valence-electron chi connectivity index (χ3n) is 3.85. The summed E-state index contributed by atoms with van der Waals surface area (Å²) in [4.78, 5) is 10.7. The van der Waals surface area contributed by atoms with Crippen LogP contribution in [0.2, 0.25) is 5.15 Å². The van der Waals surface area contributed by atoms with Crippen LogP contribution >= 0.6 is 11.6 Å². The zero-order valence-electron chi connectivity index (χ0n) is 9.91. The Hall–Kier alpha value is -0.830. The molecule has 0 aliphatic carbocycles. The van der Waals surface area contributed by atoms with Gasteiger partial charge in [0, 0.05) is 13.1 Å². The molecule has 1 saturated heterocycles. The monoisotopic (exact) mass is 239 g/mol. The van der Waals surface area contributed by atoms with E-state index in [1.54, 1.807) is 12.4 Å². The number of hydrogen-bond acceptors (Lipinski definition) is 3. The van der Waals surface area contributed by atoms with E-state index in [-0.39, 0.29) is 0 Å². The lowest BCUT2D eigenvalue weighted by molar-refractivity contribution is 0.301. The number of hydrogen-bond donors (Lipinski definition) is 0. The Morgan fingerprint density at radius 3 is 2.69 bits per heavy atom. The summed E-state index contributed by atoms with van der Waals surface area (Å²) in [5.41, 5.74) is 0.462. The summed E-state index contributed by atoms with van der Waals surface area (Å²) in [6.45, 7) is 6.69. The second-order valence-corrected chi connectivity index (χ2v) is 4.97. The fourth-order valence-corrected chi connectivity index (χ4v) is 2.59. The third kappa shape index (κ3) is 2.14. The highest BCUT2D eigenvalue weighted by molar-refractivity contribution is 6.29. The minimum Gasteiger partial charge on any atom is -0.355 e. The summed E-state index contributed by atoms with van der Waals surface area (Å²) in [5.74, 6) is 0.913. The van der Waals surface area contributed by atoms with E-state index in [4.69, 9.17) is 11.6 Å². The smallest absolute Gasteiger partial charge is 0.149 e. The molecule has 2 heterocycles. The highest BCUT2D eigenvalue weighted by Crippen LogP contribution is 2.38. The molecular formula is C12H18ClN3. The molecule has 0 aromatic carbocycles. The predicted octanol–water partition coefficient (Wildman–Crippen LogP) is 3.15. The number of rotatable bonds is 3. The molecule has 0 spiro atoms. The van der Waals surface area contributed by atoms with Crippen LogP contribution in [0.25, 0.3) is 0 Å². The molecule has 16 heavy (non-hydrogen) atoms. The quantitative estimate of drug-likeness (QED) is 0.812. The molecule has 1 fully saturated rings. The van der Waals surface area contributed by atoms with Gasteiger partial charge < -0.3 is 4.90 Å². The number of aromatic nitrogens is 2. The summed E-state index contributed by atoms with van der Waals surface area (Å²) in [6, 6.07) is 0. The van der Waals surface area contributed by atoms with Crippen molar-refractivity contribution in [3.8, 4) is 0 Å². The van der Waals surface area contributed by atoms with Crippen molar-refractivity contribution in [2.75, 3.05) is 18.0 Å². The second kappa shape index (κ2) is 4.58. The largest absolute Gasteiger partial charge is 0.355 e. The van der Waals surface area contributed by atoms with Crippen LogP contribution in [0.1, 0.15) is 33.1 Å². The summed E-state index contributed by atoms with van der Waals surface area (Å²) >= 11 is 5.86. The maximum Gasteiger partial charge on any atom is 0.149 e. The molecule has 3 nitrogen and oxygen atoms in total. The first-order chi connectivity index (χ1) is 7.69. The highest BCUT2D eigenvalue weighted by Gasteiger charge is 2.35. The van der Waals surface area contributed by atoms with Crippen LogP contribution in [0.3, 0.4) is 0 Å². The Kier molecular flexibility index (Phi) is 3.33. The normalized spacial score (nSPS) is 19.1. The summed E-state index contributed by atoms with van der Waals surface area (Å²) in [7, 11) is 0. The predicted molar refractivity (Wildman–Crippen MR) is 66.9 cm³/mol. The van der Waals surface area contributed by atoms with Gasteiger partial charge in [0.2, 0.25) is 0 Å². The molecule has 0 saturated carbocycles. The topological polar surface area (TPSA) is 29.0 Å². The molecule has 0 amide bonds. The number of halogens is 1. The average molecular weight is 240 g/mol. The van der Waals surface area contributed by atoms with E-state index in [0.29, 0.717) is 10.6 Å². The molecule has 1 aliphatic heterocycles. The number of nitrogens with zero attached hydrogens (tertiary/aromatic N) is 3. The van der Waals surface area contributed by atoms with Gasteiger partial charge in [-0.25, -0.2) is 4.98 Å². The Bertz CT molecular complexity index is 363. The lowest BCUT2D eigenvalue weighted by Gasteiger charge is -2.26.